The Labute approximate surface area is 134 Å². The highest BCUT2D eigenvalue weighted by atomic mass is 35.5. The number of anilines is 3. The summed E-state index contributed by atoms with van der Waals surface area (Å²) in [4.78, 5) is 4.05. The molecule has 0 aliphatic carbocycles. The van der Waals surface area contributed by atoms with Crippen molar-refractivity contribution >= 4 is 38.8 Å². The van der Waals surface area contributed by atoms with E-state index in [2.05, 4.69) is 15.0 Å². The van der Waals surface area contributed by atoms with Crippen molar-refractivity contribution in [3.05, 3.63) is 41.6 Å². The van der Waals surface area contributed by atoms with E-state index in [1.807, 2.05) is 6.07 Å². The number of sulfonamides is 1. The van der Waals surface area contributed by atoms with Crippen molar-refractivity contribution in [2.45, 2.75) is 6.92 Å². The summed E-state index contributed by atoms with van der Waals surface area (Å²) in [6, 6.07) is 8.60. The molecule has 0 saturated carbocycles. The van der Waals surface area contributed by atoms with E-state index in [1.54, 1.807) is 38.3 Å². The molecule has 0 spiro atoms. The van der Waals surface area contributed by atoms with E-state index in [-0.39, 0.29) is 11.6 Å². The fourth-order valence-corrected chi connectivity index (χ4v) is 2.51. The molecular formula is C14H16ClN3O3S. The molecular weight excluding hydrogens is 326 g/mol. The van der Waals surface area contributed by atoms with Crippen LogP contribution in [0.15, 0.2) is 36.5 Å². The van der Waals surface area contributed by atoms with Crippen LogP contribution in [-0.2, 0) is 10.0 Å². The van der Waals surface area contributed by atoms with Crippen LogP contribution in [0.25, 0.3) is 0 Å². The minimum atomic E-state index is -3.32. The average Bonchev–Trinajstić information content (AvgIpc) is 2.49. The number of rotatable bonds is 6. The lowest BCUT2D eigenvalue weighted by Crippen LogP contribution is -2.15. The van der Waals surface area contributed by atoms with Crippen LogP contribution in [0, 0.1) is 0 Å². The fourth-order valence-electron chi connectivity index (χ4n) is 1.67. The molecule has 118 valence electrons. The Balaban J connectivity index is 2.10. The first-order chi connectivity index (χ1) is 10.4. The highest BCUT2D eigenvalue weighted by molar-refractivity contribution is 7.92. The van der Waals surface area contributed by atoms with Crippen LogP contribution in [0.1, 0.15) is 6.92 Å². The third kappa shape index (κ3) is 4.25. The number of ether oxygens (including phenoxy) is 1. The molecule has 2 rings (SSSR count). The first kappa shape index (κ1) is 16.4. The molecule has 0 aliphatic rings. The summed E-state index contributed by atoms with van der Waals surface area (Å²) in [7, 11) is -1.77. The summed E-state index contributed by atoms with van der Waals surface area (Å²) in [5.74, 6) is 0.869. The maximum Gasteiger partial charge on any atom is 0.233 e. The van der Waals surface area contributed by atoms with Crippen molar-refractivity contribution in [3.8, 4) is 5.75 Å². The molecule has 0 radical (unpaired) electrons. The molecule has 0 fully saturated rings. The second-order valence-corrected chi connectivity index (χ2v) is 6.83. The average molecular weight is 342 g/mol. The smallest absolute Gasteiger partial charge is 0.233 e. The lowest BCUT2D eigenvalue weighted by Gasteiger charge is -2.10. The van der Waals surface area contributed by atoms with Gasteiger partial charge >= 0.3 is 0 Å². The van der Waals surface area contributed by atoms with Crippen LogP contribution in [0.5, 0.6) is 5.75 Å². The van der Waals surface area contributed by atoms with E-state index in [4.69, 9.17) is 16.3 Å². The lowest BCUT2D eigenvalue weighted by molar-refractivity contribution is 0.415. The molecule has 1 heterocycles. The summed E-state index contributed by atoms with van der Waals surface area (Å²) in [5.41, 5.74) is 1.48. The van der Waals surface area contributed by atoms with E-state index in [0.29, 0.717) is 16.5 Å². The topological polar surface area (TPSA) is 80.3 Å². The van der Waals surface area contributed by atoms with E-state index >= 15 is 0 Å². The molecule has 0 unspecified atom stereocenters. The first-order valence-electron chi connectivity index (χ1n) is 6.50. The summed E-state index contributed by atoms with van der Waals surface area (Å²) in [5, 5.41) is 3.61. The maximum atomic E-state index is 11.4. The molecule has 0 atom stereocenters. The Kier molecular flexibility index (Phi) is 5.10. The standard InChI is InChI=1S/C14H16ClN3O3S/c1-3-22(19,20)18-14-7-5-11(9-16-14)17-10-4-6-13(21-2)12(15)8-10/h4-9,17H,3H2,1-2H3,(H,16,18). The monoisotopic (exact) mass is 341 g/mol. The van der Waals surface area contributed by atoms with Gasteiger partial charge < -0.3 is 10.1 Å². The molecule has 22 heavy (non-hydrogen) atoms. The molecule has 0 bridgehead atoms. The molecule has 1 aromatic carbocycles. The molecule has 0 amide bonds. The molecule has 8 heteroatoms. The van der Waals surface area contributed by atoms with Gasteiger partial charge in [-0.1, -0.05) is 11.6 Å². The van der Waals surface area contributed by atoms with Crippen LogP contribution in [0.3, 0.4) is 0 Å². The van der Waals surface area contributed by atoms with E-state index < -0.39 is 10.0 Å². The van der Waals surface area contributed by atoms with Crippen molar-refractivity contribution in [3.63, 3.8) is 0 Å². The minimum Gasteiger partial charge on any atom is -0.495 e. The number of hydrogen-bond donors (Lipinski definition) is 2. The normalized spacial score (nSPS) is 11.0. The molecule has 2 N–H and O–H groups in total. The van der Waals surface area contributed by atoms with Gasteiger partial charge in [0.05, 0.1) is 29.8 Å². The van der Waals surface area contributed by atoms with Crippen molar-refractivity contribution in [2.75, 3.05) is 22.9 Å². The maximum absolute atomic E-state index is 11.4. The van der Waals surface area contributed by atoms with E-state index in [1.165, 1.54) is 6.20 Å². The van der Waals surface area contributed by atoms with Crippen LogP contribution in [0.4, 0.5) is 17.2 Å². The Morgan fingerprint density at radius 3 is 2.50 bits per heavy atom. The molecule has 6 nitrogen and oxygen atoms in total. The molecule has 2 aromatic rings. The fraction of sp³-hybridized carbons (Fsp3) is 0.214. The zero-order chi connectivity index (χ0) is 16.2. The zero-order valence-corrected chi connectivity index (χ0v) is 13.7. The Bertz CT molecular complexity index is 748. The van der Waals surface area contributed by atoms with Crippen molar-refractivity contribution in [1.82, 2.24) is 4.98 Å². The van der Waals surface area contributed by atoms with E-state index in [9.17, 15) is 8.42 Å². The predicted molar refractivity (Wildman–Crippen MR) is 88.6 cm³/mol. The minimum absolute atomic E-state index is 0.000964. The number of nitrogens with one attached hydrogen (secondary N) is 2. The third-order valence-electron chi connectivity index (χ3n) is 2.84. The van der Waals surface area contributed by atoms with Crippen LogP contribution >= 0.6 is 11.6 Å². The molecule has 1 aromatic heterocycles. The van der Waals surface area contributed by atoms with Crippen LogP contribution in [-0.4, -0.2) is 26.3 Å². The first-order valence-corrected chi connectivity index (χ1v) is 8.53. The number of aromatic nitrogens is 1. The van der Waals surface area contributed by atoms with Gasteiger partial charge in [-0.25, -0.2) is 13.4 Å². The second kappa shape index (κ2) is 6.85. The lowest BCUT2D eigenvalue weighted by atomic mass is 10.3. The van der Waals surface area contributed by atoms with Gasteiger partial charge in [0.25, 0.3) is 0 Å². The SMILES string of the molecule is CCS(=O)(=O)Nc1ccc(Nc2ccc(OC)c(Cl)c2)cn1. The second-order valence-electron chi connectivity index (χ2n) is 4.41. The van der Waals surface area contributed by atoms with Gasteiger partial charge in [0.15, 0.2) is 0 Å². The summed E-state index contributed by atoms with van der Waals surface area (Å²) in [6.45, 7) is 1.56. The Hall–Kier alpha value is -1.99. The quantitative estimate of drug-likeness (QED) is 0.843. The highest BCUT2D eigenvalue weighted by Crippen LogP contribution is 2.28. The highest BCUT2D eigenvalue weighted by Gasteiger charge is 2.07. The summed E-state index contributed by atoms with van der Waals surface area (Å²) < 4.78 is 30.4. The number of pyridine rings is 1. The predicted octanol–water partition coefficient (Wildman–Crippen LogP) is 3.25. The number of halogens is 1. The van der Waals surface area contributed by atoms with Crippen molar-refractivity contribution < 1.29 is 13.2 Å². The Morgan fingerprint density at radius 2 is 1.95 bits per heavy atom. The zero-order valence-electron chi connectivity index (χ0n) is 12.1. The van der Waals surface area contributed by atoms with Crippen LogP contribution < -0.4 is 14.8 Å². The van der Waals surface area contributed by atoms with Gasteiger partial charge in [0, 0.05) is 5.69 Å². The van der Waals surface area contributed by atoms with Crippen molar-refractivity contribution in [1.29, 1.82) is 0 Å². The number of nitrogens with zero attached hydrogens (tertiary/aromatic N) is 1. The molecule has 0 saturated heterocycles. The van der Waals surface area contributed by atoms with Gasteiger partial charge in [-0.2, -0.15) is 0 Å². The Morgan fingerprint density at radius 1 is 1.23 bits per heavy atom. The van der Waals surface area contributed by atoms with Gasteiger partial charge in [-0.15, -0.1) is 0 Å². The largest absolute Gasteiger partial charge is 0.495 e. The third-order valence-corrected chi connectivity index (χ3v) is 4.42. The van der Waals surface area contributed by atoms with Gasteiger partial charge in [-0.3, -0.25) is 4.72 Å². The van der Waals surface area contributed by atoms with Crippen LogP contribution in [0.2, 0.25) is 5.02 Å². The van der Waals surface area contributed by atoms with Gasteiger partial charge in [0.1, 0.15) is 11.6 Å². The number of hydrogen-bond acceptors (Lipinski definition) is 5. The van der Waals surface area contributed by atoms with Gasteiger partial charge in [0.2, 0.25) is 10.0 Å². The molecule has 0 aliphatic heterocycles. The number of methoxy groups -OCH3 is 1. The summed E-state index contributed by atoms with van der Waals surface area (Å²) >= 11 is 6.05. The van der Waals surface area contributed by atoms with Gasteiger partial charge in [-0.05, 0) is 37.3 Å². The summed E-state index contributed by atoms with van der Waals surface area (Å²) in [6.07, 6.45) is 1.53. The number of benzene rings is 1. The van der Waals surface area contributed by atoms with E-state index in [0.717, 1.165) is 5.69 Å². The van der Waals surface area contributed by atoms with Crippen molar-refractivity contribution in [2.24, 2.45) is 0 Å².